The lowest BCUT2D eigenvalue weighted by Crippen LogP contribution is -2.30. The van der Waals surface area contributed by atoms with Crippen LogP contribution in [0.2, 0.25) is 0 Å². The Morgan fingerprint density at radius 1 is 0.885 bits per heavy atom. The molecule has 4 rings (SSSR count). The van der Waals surface area contributed by atoms with E-state index in [1.807, 2.05) is 66.7 Å². The van der Waals surface area contributed by atoms with Gasteiger partial charge in [-0.25, -0.2) is 5.84 Å². The summed E-state index contributed by atoms with van der Waals surface area (Å²) in [7, 11) is 0. The molecule has 1 aromatic heterocycles. The van der Waals surface area contributed by atoms with Crippen molar-refractivity contribution in [2.24, 2.45) is 5.84 Å². The number of carbonyl (C=O) groups is 2. The highest BCUT2D eigenvalue weighted by Crippen LogP contribution is 2.28. The molecule has 26 heavy (non-hydrogen) atoms. The second-order valence-electron chi connectivity index (χ2n) is 6.12. The van der Waals surface area contributed by atoms with Crippen molar-refractivity contribution < 1.29 is 9.59 Å². The Bertz CT molecular complexity index is 1170. The highest BCUT2D eigenvalue weighted by molar-refractivity contribution is 6.15. The van der Waals surface area contributed by atoms with Crippen LogP contribution in [0.3, 0.4) is 0 Å². The predicted molar refractivity (Wildman–Crippen MR) is 102 cm³/mol. The van der Waals surface area contributed by atoms with Crippen LogP contribution in [0, 0.1) is 6.92 Å². The fourth-order valence-corrected chi connectivity index (χ4v) is 3.52. The van der Waals surface area contributed by atoms with Gasteiger partial charge in [0.25, 0.3) is 11.8 Å². The van der Waals surface area contributed by atoms with Gasteiger partial charge in [-0.2, -0.15) is 0 Å². The maximum atomic E-state index is 13.4. The number of benzene rings is 3. The first-order chi connectivity index (χ1) is 12.6. The minimum Gasteiger partial charge on any atom is -0.290 e. The number of nitrogens with two attached hydrogens (primary N) is 1. The average molecular weight is 343 g/mol. The summed E-state index contributed by atoms with van der Waals surface area (Å²) in [4.78, 5) is 25.7. The summed E-state index contributed by atoms with van der Waals surface area (Å²) in [5, 5.41) is 2.57. The van der Waals surface area contributed by atoms with Crippen LogP contribution in [0.4, 0.5) is 0 Å². The van der Waals surface area contributed by atoms with Crippen molar-refractivity contribution in [3.63, 3.8) is 0 Å². The first-order valence-corrected chi connectivity index (χ1v) is 8.27. The minimum absolute atomic E-state index is 0.174. The molecule has 1 amide bonds. The fourth-order valence-electron chi connectivity index (χ4n) is 3.52. The van der Waals surface area contributed by atoms with Crippen molar-refractivity contribution in [1.82, 2.24) is 9.99 Å². The molecule has 0 radical (unpaired) electrons. The lowest BCUT2D eigenvalue weighted by molar-refractivity contribution is 0.0954. The van der Waals surface area contributed by atoms with Crippen LogP contribution in [-0.4, -0.2) is 16.4 Å². The molecule has 0 saturated heterocycles. The van der Waals surface area contributed by atoms with Gasteiger partial charge < -0.3 is 0 Å². The number of hydrazine groups is 1. The average Bonchev–Trinajstić information content (AvgIpc) is 2.98. The molecule has 0 spiro atoms. The van der Waals surface area contributed by atoms with Crippen LogP contribution in [-0.2, 0) is 0 Å². The molecule has 0 aliphatic heterocycles. The molecule has 4 aromatic rings. The number of nitrogens with one attached hydrogen (secondary N) is 1. The lowest BCUT2D eigenvalue weighted by Gasteiger charge is -2.10. The largest absolute Gasteiger partial charge is 0.290 e. The van der Waals surface area contributed by atoms with Gasteiger partial charge in [-0.15, -0.1) is 0 Å². The molecule has 3 N–H and O–H groups in total. The zero-order chi connectivity index (χ0) is 18.3. The Hall–Kier alpha value is -3.44. The third kappa shape index (κ3) is 2.29. The quantitative estimate of drug-likeness (QED) is 0.333. The van der Waals surface area contributed by atoms with E-state index in [4.69, 9.17) is 5.84 Å². The van der Waals surface area contributed by atoms with Gasteiger partial charge in [0.1, 0.15) is 0 Å². The SMILES string of the molecule is Cc1c(C(=O)NN)c2ccccc2n1C(=O)c1cccc2ccccc12. The van der Waals surface area contributed by atoms with E-state index in [9.17, 15) is 9.59 Å². The zero-order valence-electron chi connectivity index (χ0n) is 14.2. The van der Waals surface area contributed by atoms with E-state index < -0.39 is 5.91 Å². The van der Waals surface area contributed by atoms with Gasteiger partial charge in [0.15, 0.2) is 0 Å². The van der Waals surface area contributed by atoms with Gasteiger partial charge >= 0.3 is 0 Å². The molecular formula is C21H17N3O2. The number of nitrogens with zero attached hydrogens (tertiary/aromatic N) is 1. The summed E-state index contributed by atoms with van der Waals surface area (Å²) in [6.07, 6.45) is 0. The van der Waals surface area contributed by atoms with Gasteiger partial charge in [-0.3, -0.25) is 19.6 Å². The van der Waals surface area contributed by atoms with Crippen molar-refractivity contribution in [1.29, 1.82) is 0 Å². The Morgan fingerprint density at radius 3 is 2.31 bits per heavy atom. The number of aromatic nitrogens is 1. The van der Waals surface area contributed by atoms with Gasteiger partial charge in [0.05, 0.1) is 11.1 Å². The molecule has 1 heterocycles. The first-order valence-electron chi connectivity index (χ1n) is 8.27. The maximum Gasteiger partial charge on any atom is 0.267 e. The Balaban J connectivity index is 2.01. The number of nitrogen functional groups attached to an aromatic ring is 1. The van der Waals surface area contributed by atoms with E-state index in [0.29, 0.717) is 27.7 Å². The third-order valence-electron chi connectivity index (χ3n) is 4.69. The second kappa shape index (κ2) is 6.13. The smallest absolute Gasteiger partial charge is 0.267 e. The van der Waals surface area contributed by atoms with E-state index in [2.05, 4.69) is 5.43 Å². The summed E-state index contributed by atoms with van der Waals surface area (Å²) >= 11 is 0. The maximum absolute atomic E-state index is 13.4. The van der Waals surface area contributed by atoms with Crippen molar-refractivity contribution >= 4 is 33.5 Å². The van der Waals surface area contributed by atoms with Crippen molar-refractivity contribution in [3.05, 3.63) is 83.6 Å². The van der Waals surface area contributed by atoms with Crippen LogP contribution in [0.15, 0.2) is 66.7 Å². The summed E-state index contributed by atoms with van der Waals surface area (Å²) in [5.41, 5.74) is 4.42. The number of para-hydroxylation sites is 1. The Morgan fingerprint density at radius 2 is 1.54 bits per heavy atom. The molecular weight excluding hydrogens is 326 g/mol. The highest BCUT2D eigenvalue weighted by atomic mass is 16.2. The van der Waals surface area contributed by atoms with Crippen LogP contribution < -0.4 is 11.3 Å². The molecule has 0 saturated carbocycles. The van der Waals surface area contributed by atoms with Crippen LogP contribution in [0.25, 0.3) is 21.7 Å². The van der Waals surface area contributed by atoms with E-state index in [1.54, 1.807) is 11.5 Å². The fraction of sp³-hybridized carbons (Fsp3) is 0.0476. The zero-order valence-corrected chi connectivity index (χ0v) is 14.2. The van der Waals surface area contributed by atoms with Gasteiger partial charge in [-0.05, 0) is 29.8 Å². The molecule has 0 unspecified atom stereocenters. The summed E-state index contributed by atoms with van der Waals surface area (Å²) in [6.45, 7) is 1.76. The summed E-state index contributed by atoms with van der Waals surface area (Å²) in [6, 6.07) is 20.7. The number of amides is 1. The third-order valence-corrected chi connectivity index (χ3v) is 4.69. The molecule has 0 fully saturated rings. The lowest BCUT2D eigenvalue weighted by atomic mass is 10.0. The van der Waals surface area contributed by atoms with Crippen molar-refractivity contribution in [2.75, 3.05) is 0 Å². The van der Waals surface area contributed by atoms with Gasteiger partial charge in [0.2, 0.25) is 0 Å². The molecule has 0 bridgehead atoms. The number of hydrogen-bond donors (Lipinski definition) is 2. The molecule has 0 atom stereocenters. The van der Waals surface area contributed by atoms with Crippen LogP contribution in [0.1, 0.15) is 26.4 Å². The van der Waals surface area contributed by atoms with E-state index >= 15 is 0 Å². The number of carbonyl (C=O) groups excluding carboxylic acids is 2. The van der Waals surface area contributed by atoms with E-state index in [1.165, 1.54) is 0 Å². The highest BCUT2D eigenvalue weighted by Gasteiger charge is 2.23. The molecule has 3 aromatic carbocycles. The topological polar surface area (TPSA) is 77.1 Å². The summed E-state index contributed by atoms with van der Waals surface area (Å²) < 4.78 is 1.58. The van der Waals surface area contributed by atoms with Crippen LogP contribution in [0.5, 0.6) is 0 Å². The molecule has 0 aliphatic rings. The van der Waals surface area contributed by atoms with Crippen molar-refractivity contribution in [2.45, 2.75) is 6.92 Å². The standard InChI is InChI=1S/C21H17N3O2/c1-13-19(20(25)23-22)17-10-4-5-12-18(17)24(13)21(26)16-11-6-8-14-7-2-3-9-15(14)16/h2-12H,22H2,1H3,(H,23,25). The van der Waals surface area contributed by atoms with E-state index in [0.717, 1.165) is 10.8 Å². The molecule has 128 valence electrons. The Labute approximate surface area is 150 Å². The van der Waals surface area contributed by atoms with Gasteiger partial charge in [0, 0.05) is 16.6 Å². The number of hydrogen-bond acceptors (Lipinski definition) is 3. The predicted octanol–water partition coefficient (Wildman–Crippen LogP) is 3.39. The summed E-state index contributed by atoms with van der Waals surface area (Å²) in [5.74, 6) is 4.75. The molecule has 5 heteroatoms. The minimum atomic E-state index is -0.414. The molecule has 0 aliphatic carbocycles. The number of rotatable bonds is 2. The normalized spacial score (nSPS) is 11.0. The van der Waals surface area contributed by atoms with Crippen LogP contribution >= 0.6 is 0 Å². The van der Waals surface area contributed by atoms with E-state index in [-0.39, 0.29) is 5.91 Å². The number of fused-ring (bicyclic) bond motifs is 2. The monoisotopic (exact) mass is 343 g/mol. The van der Waals surface area contributed by atoms with Gasteiger partial charge in [-0.1, -0.05) is 54.6 Å². The molecule has 5 nitrogen and oxygen atoms in total. The van der Waals surface area contributed by atoms with Crippen molar-refractivity contribution in [3.8, 4) is 0 Å². The second-order valence-corrected chi connectivity index (χ2v) is 6.12. The Kier molecular flexibility index (Phi) is 3.78. The first kappa shape index (κ1) is 16.1.